The van der Waals surface area contributed by atoms with Gasteiger partial charge in [0.1, 0.15) is 11.9 Å². The largest absolute Gasteiger partial charge is 0.462 e. The van der Waals surface area contributed by atoms with E-state index in [1.54, 1.807) is 0 Å². The maximum Gasteiger partial charge on any atom is 0.416 e. The lowest BCUT2D eigenvalue weighted by molar-refractivity contribution is -0.148. The first-order valence-electron chi connectivity index (χ1n) is 10.8. The van der Waals surface area contributed by atoms with Crippen molar-refractivity contribution in [2.24, 2.45) is 0 Å². The van der Waals surface area contributed by atoms with E-state index in [-0.39, 0.29) is 30.3 Å². The van der Waals surface area contributed by atoms with Crippen LogP contribution in [0.2, 0.25) is 0 Å². The van der Waals surface area contributed by atoms with Crippen LogP contribution < -0.4 is 0 Å². The Balaban J connectivity index is 1.99. The lowest BCUT2D eigenvalue weighted by Gasteiger charge is -2.40. The molecular formula is C25H24F6O3. The summed E-state index contributed by atoms with van der Waals surface area (Å²) in [5.74, 6) is -0.605. The van der Waals surface area contributed by atoms with Crippen molar-refractivity contribution in [3.05, 3.63) is 70.8 Å². The number of hydrogen-bond donors (Lipinski definition) is 0. The first kappa shape index (κ1) is 25.8. The molecule has 1 saturated carbocycles. The van der Waals surface area contributed by atoms with Gasteiger partial charge in [-0.3, -0.25) is 9.59 Å². The molecule has 1 fully saturated rings. The van der Waals surface area contributed by atoms with Crippen LogP contribution in [-0.2, 0) is 38.5 Å². The summed E-state index contributed by atoms with van der Waals surface area (Å²) in [6.07, 6.45) is -9.59. The molecular weight excluding hydrogens is 462 g/mol. The molecule has 0 saturated heterocycles. The van der Waals surface area contributed by atoms with Crippen LogP contribution in [0.15, 0.2) is 48.5 Å². The van der Waals surface area contributed by atoms with Crippen LogP contribution in [0, 0.1) is 0 Å². The summed E-state index contributed by atoms with van der Waals surface area (Å²) in [6, 6.07) is 10.6. The maximum absolute atomic E-state index is 13.3. The summed E-state index contributed by atoms with van der Waals surface area (Å²) in [6.45, 7) is 1.14. The van der Waals surface area contributed by atoms with Gasteiger partial charge in [0.05, 0.1) is 11.1 Å². The zero-order valence-corrected chi connectivity index (χ0v) is 18.4. The zero-order chi connectivity index (χ0) is 25.1. The number of rotatable bonds is 6. The summed E-state index contributed by atoms with van der Waals surface area (Å²) >= 11 is 0. The van der Waals surface area contributed by atoms with Gasteiger partial charge in [0, 0.05) is 26.2 Å². The number of hydrogen-bond acceptors (Lipinski definition) is 3. The number of Topliss-reactive ketones (excluding diaryl/α,β-unsaturated/α-hetero) is 1. The van der Waals surface area contributed by atoms with Gasteiger partial charge in [0.15, 0.2) is 0 Å². The SMILES string of the molecule is CC(=O)O[C@H](Cc1cc(C(F)(F)F)cc(C(F)(F)F)c1)CC1(c2ccccc2)CCC(=O)CC1. The Morgan fingerprint density at radius 2 is 1.47 bits per heavy atom. The van der Waals surface area contributed by atoms with E-state index in [0.717, 1.165) is 12.5 Å². The molecule has 0 spiro atoms. The quantitative estimate of drug-likeness (QED) is 0.338. The number of alkyl halides is 6. The van der Waals surface area contributed by atoms with Crippen molar-refractivity contribution in [2.75, 3.05) is 0 Å². The summed E-state index contributed by atoms with van der Waals surface area (Å²) in [5, 5.41) is 0. The van der Waals surface area contributed by atoms with Crippen molar-refractivity contribution >= 4 is 11.8 Å². The first-order chi connectivity index (χ1) is 15.8. The van der Waals surface area contributed by atoms with Gasteiger partial charge in [-0.05, 0) is 54.0 Å². The van der Waals surface area contributed by atoms with E-state index in [1.165, 1.54) is 0 Å². The van der Waals surface area contributed by atoms with Crippen LogP contribution in [0.4, 0.5) is 26.3 Å². The van der Waals surface area contributed by atoms with Gasteiger partial charge in [-0.1, -0.05) is 30.3 Å². The van der Waals surface area contributed by atoms with Crippen molar-refractivity contribution in [3.8, 4) is 0 Å². The highest BCUT2D eigenvalue weighted by Crippen LogP contribution is 2.43. The molecule has 2 aromatic rings. The van der Waals surface area contributed by atoms with E-state index in [0.29, 0.717) is 37.8 Å². The molecule has 2 aromatic carbocycles. The van der Waals surface area contributed by atoms with E-state index in [9.17, 15) is 35.9 Å². The molecule has 0 bridgehead atoms. The fraction of sp³-hybridized carbons (Fsp3) is 0.440. The third kappa shape index (κ3) is 6.39. The number of halogens is 6. The fourth-order valence-corrected chi connectivity index (χ4v) is 4.64. The molecule has 34 heavy (non-hydrogen) atoms. The highest BCUT2D eigenvalue weighted by Gasteiger charge is 2.40. The van der Waals surface area contributed by atoms with E-state index in [2.05, 4.69) is 0 Å². The molecule has 1 aliphatic carbocycles. The van der Waals surface area contributed by atoms with Crippen LogP contribution in [0.3, 0.4) is 0 Å². The highest BCUT2D eigenvalue weighted by molar-refractivity contribution is 5.79. The smallest absolute Gasteiger partial charge is 0.416 e. The van der Waals surface area contributed by atoms with Crippen LogP contribution in [-0.4, -0.2) is 17.9 Å². The lowest BCUT2D eigenvalue weighted by Crippen LogP contribution is -2.37. The molecule has 0 aliphatic heterocycles. The van der Waals surface area contributed by atoms with Gasteiger partial charge in [-0.2, -0.15) is 26.3 Å². The molecule has 3 nitrogen and oxygen atoms in total. The van der Waals surface area contributed by atoms with Gasteiger partial charge in [0.25, 0.3) is 0 Å². The first-order valence-corrected chi connectivity index (χ1v) is 10.8. The van der Waals surface area contributed by atoms with Crippen LogP contribution in [0.5, 0.6) is 0 Å². The fourth-order valence-electron chi connectivity index (χ4n) is 4.64. The van der Waals surface area contributed by atoms with E-state index in [1.807, 2.05) is 30.3 Å². The summed E-state index contributed by atoms with van der Waals surface area (Å²) in [5.41, 5.74) is -2.77. The molecule has 0 amide bonds. The minimum Gasteiger partial charge on any atom is -0.462 e. The van der Waals surface area contributed by atoms with Gasteiger partial charge in [-0.25, -0.2) is 0 Å². The predicted molar refractivity (Wildman–Crippen MR) is 112 cm³/mol. The Morgan fingerprint density at radius 3 is 1.94 bits per heavy atom. The van der Waals surface area contributed by atoms with Gasteiger partial charge >= 0.3 is 18.3 Å². The Morgan fingerprint density at radius 1 is 0.941 bits per heavy atom. The van der Waals surface area contributed by atoms with E-state index < -0.39 is 41.0 Å². The number of benzene rings is 2. The second kappa shape index (κ2) is 9.80. The molecule has 1 aliphatic rings. The normalized spacial score (nSPS) is 17.3. The molecule has 3 rings (SSSR count). The molecule has 1 atom stereocenters. The van der Waals surface area contributed by atoms with Crippen LogP contribution >= 0.6 is 0 Å². The monoisotopic (exact) mass is 486 g/mol. The zero-order valence-electron chi connectivity index (χ0n) is 18.4. The van der Waals surface area contributed by atoms with E-state index >= 15 is 0 Å². The topological polar surface area (TPSA) is 43.4 Å². The predicted octanol–water partition coefficient (Wildman–Crippen LogP) is 6.67. The molecule has 0 aromatic heterocycles. The number of esters is 1. The number of carbonyl (C=O) groups is 2. The highest BCUT2D eigenvalue weighted by atomic mass is 19.4. The average molecular weight is 486 g/mol. The minimum atomic E-state index is -4.97. The van der Waals surface area contributed by atoms with Crippen molar-refractivity contribution in [2.45, 2.75) is 69.3 Å². The van der Waals surface area contributed by atoms with Crippen LogP contribution in [0.25, 0.3) is 0 Å². The summed E-state index contributed by atoms with van der Waals surface area (Å²) in [4.78, 5) is 23.7. The van der Waals surface area contributed by atoms with Crippen molar-refractivity contribution in [1.82, 2.24) is 0 Å². The molecule has 0 radical (unpaired) electrons. The summed E-state index contributed by atoms with van der Waals surface area (Å²) < 4.78 is 85.1. The molecule has 184 valence electrons. The lowest BCUT2D eigenvalue weighted by atomic mass is 9.65. The number of ketones is 1. The van der Waals surface area contributed by atoms with Gasteiger partial charge < -0.3 is 4.74 Å². The van der Waals surface area contributed by atoms with Crippen molar-refractivity contribution < 1.29 is 40.7 Å². The Labute approximate surface area is 193 Å². The Bertz CT molecular complexity index is 985. The van der Waals surface area contributed by atoms with Crippen molar-refractivity contribution in [1.29, 1.82) is 0 Å². The Hall–Kier alpha value is -2.84. The van der Waals surface area contributed by atoms with E-state index in [4.69, 9.17) is 4.74 Å². The second-order valence-corrected chi connectivity index (χ2v) is 8.74. The minimum absolute atomic E-state index is 0.0720. The average Bonchev–Trinajstić information content (AvgIpc) is 2.74. The Kier molecular flexibility index (Phi) is 7.43. The number of carbonyl (C=O) groups excluding carboxylic acids is 2. The third-order valence-corrected chi connectivity index (χ3v) is 6.21. The van der Waals surface area contributed by atoms with Gasteiger partial charge in [-0.15, -0.1) is 0 Å². The van der Waals surface area contributed by atoms with Gasteiger partial charge in [0.2, 0.25) is 0 Å². The molecule has 0 heterocycles. The third-order valence-electron chi connectivity index (χ3n) is 6.21. The maximum atomic E-state index is 13.3. The van der Waals surface area contributed by atoms with Crippen LogP contribution in [0.1, 0.15) is 61.3 Å². The second-order valence-electron chi connectivity index (χ2n) is 8.74. The molecule has 9 heteroatoms. The standard InChI is InChI=1S/C25H24F6O3/c1-16(32)34-22(13-17-11-19(24(26,27)28)14-20(12-17)25(29,30)31)15-23(9-7-21(33)8-10-23)18-5-3-2-4-6-18/h2-6,11-12,14,22H,7-10,13,15H2,1H3/t22-/m1/s1. The number of ether oxygens (including phenoxy) is 1. The summed E-state index contributed by atoms with van der Waals surface area (Å²) in [7, 11) is 0. The van der Waals surface area contributed by atoms with Crippen molar-refractivity contribution in [3.63, 3.8) is 0 Å². The molecule has 0 unspecified atom stereocenters. The molecule has 0 N–H and O–H groups in total.